The number of nitrogens with zero attached hydrogens (tertiary/aromatic N) is 1. The summed E-state index contributed by atoms with van der Waals surface area (Å²) in [4.78, 5) is 72.5. The highest BCUT2D eigenvalue weighted by atomic mass is 32.2. The zero-order valence-corrected chi connectivity index (χ0v) is 20.2. The van der Waals surface area contributed by atoms with Gasteiger partial charge >= 0.3 is 29.8 Å². The van der Waals surface area contributed by atoms with Gasteiger partial charge in [0.25, 0.3) is 0 Å². The smallest absolute Gasteiger partial charge is 0.303 e. The number of thioether (sulfide) groups is 1. The second-order valence-corrected chi connectivity index (χ2v) is 8.37. The summed E-state index contributed by atoms with van der Waals surface area (Å²) in [5.41, 5.74) is 0. The maximum absolute atomic E-state index is 12.1. The molecule has 1 amide bonds. The number of hydrogen-bond acceptors (Lipinski definition) is 12. The second-order valence-electron chi connectivity index (χ2n) is 7.15. The minimum atomic E-state index is -1.53. The molecule has 1 aliphatic heterocycles. The lowest BCUT2D eigenvalue weighted by atomic mass is 10.0. The largest absolute Gasteiger partial charge is 0.462 e. The first-order valence-corrected chi connectivity index (χ1v) is 11.1. The van der Waals surface area contributed by atoms with Crippen LogP contribution in [0.5, 0.6) is 0 Å². The molecule has 5 atom stereocenters. The van der Waals surface area contributed by atoms with Crippen molar-refractivity contribution < 1.29 is 52.5 Å². The van der Waals surface area contributed by atoms with E-state index in [1.165, 1.54) is 23.6 Å². The number of rotatable bonds is 10. The van der Waals surface area contributed by atoms with E-state index in [2.05, 4.69) is 0 Å². The molecule has 1 heterocycles. The molecule has 0 aliphatic carbocycles. The molecule has 0 aromatic rings. The first-order valence-electron chi connectivity index (χ1n) is 10.0. The third-order valence-electron chi connectivity index (χ3n) is 4.30. The molecular formula is C20H29NO11S. The van der Waals surface area contributed by atoms with E-state index < -0.39 is 66.2 Å². The second kappa shape index (κ2) is 13.0. The highest BCUT2D eigenvalue weighted by molar-refractivity contribution is 8.00. The highest BCUT2D eigenvalue weighted by Gasteiger charge is 2.49. The third-order valence-corrected chi connectivity index (χ3v) is 5.58. The first-order chi connectivity index (χ1) is 15.3. The average Bonchev–Trinajstić information content (AvgIpc) is 3.15. The van der Waals surface area contributed by atoms with Gasteiger partial charge in [-0.25, -0.2) is 0 Å². The fourth-order valence-corrected chi connectivity index (χ4v) is 4.62. The molecule has 0 aromatic carbocycles. The van der Waals surface area contributed by atoms with Gasteiger partial charge in [-0.3, -0.25) is 28.8 Å². The van der Waals surface area contributed by atoms with E-state index >= 15 is 0 Å². The monoisotopic (exact) mass is 491 g/mol. The number of hydrogen-bond donors (Lipinski definition) is 0. The molecule has 1 saturated heterocycles. The molecule has 0 aromatic heterocycles. The average molecular weight is 492 g/mol. The molecule has 1 fully saturated rings. The van der Waals surface area contributed by atoms with Crippen LogP contribution in [0.1, 0.15) is 41.5 Å². The summed E-state index contributed by atoms with van der Waals surface area (Å²) >= 11 is 1.27. The molecule has 13 heteroatoms. The van der Waals surface area contributed by atoms with Crippen molar-refractivity contribution in [1.29, 1.82) is 0 Å². The van der Waals surface area contributed by atoms with Crippen LogP contribution in [0.15, 0.2) is 0 Å². The van der Waals surface area contributed by atoms with E-state index in [0.29, 0.717) is 12.3 Å². The summed E-state index contributed by atoms with van der Waals surface area (Å²) in [6.45, 7) is 6.62. The SMILES string of the molecule is CC(=O)OC[C@@H](OC(C)=O)[C@H](OC(C)=O)[C@H](OC(C)=O)[C@H](OC(C)=O)[C@H]1SCCN1C(C)=O. The Hall–Kier alpha value is -2.83. The van der Waals surface area contributed by atoms with E-state index in [4.69, 9.17) is 23.7 Å². The topological polar surface area (TPSA) is 152 Å². The summed E-state index contributed by atoms with van der Waals surface area (Å²) in [5, 5.41) is -0.791. The van der Waals surface area contributed by atoms with Crippen LogP contribution in [0.3, 0.4) is 0 Å². The standard InChI is InChI=1S/C20H29NO11S/c1-10(22)21-7-8-33-20(21)19(32-15(6)27)18(31-14(5)26)17(30-13(4)25)16(29-12(3)24)9-28-11(2)23/h16-20H,7-9H2,1-6H3/t16-,17+,18+,19+,20-/m1/s1. The van der Waals surface area contributed by atoms with Crippen LogP contribution in [0.25, 0.3) is 0 Å². The molecule has 0 spiro atoms. The normalized spacial score (nSPS) is 18.8. The lowest BCUT2D eigenvalue weighted by molar-refractivity contribution is -0.204. The Balaban J connectivity index is 3.55. The van der Waals surface area contributed by atoms with Gasteiger partial charge < -0.3 is 28.6 Å². The van der Waals surface area contributed by atoms with Gasteiger partial charge in [-0.15, -0.1) is 11.8 Å². The molecule has 0 N–H and O–H groups in total. The van der Waals surface area contributed by atoms with E-state index in [1.807, 2.05) is 0 Å². The third kappa shape index (κ3) is 9.28. The molecule has 12 nitrogen and oxygen atoms in total. The van der Waals surface area contributed by atoms with Gasteiger partial charge in [0.15, 0.2) is 24.4 Å². The molecule has 0 unspecified atom stereocenters. The van der Waals surface area contributed by atoms with Crippen LogP contribution in [-0.4, -0.2) is 89.3 Å². The summed E-state index contributed by atoms with van der Waals surface area (Å²) < 4.78 is 26.3. The van der Waals surface area contributed by atoms with E-state index in [1.54, 1.807) is 0 Å². The number of amides is 1. The summed E-state index contributed by atoms with van der Waals surface area (Å²) in [6.07, 6.45) is -5.75. The van der Waals surface area contributed by atoms with E-state index in [-0.39, 0.29) is 5.91 Å². The number of carbonyl (C=O) groups is 6. The van der Waals surface area contributed by atoms with Gasteiger partial charge in [0.2, 0.25) is 5.91 Å². The summed E-state index contributed by atoms with van der Waals surface area (Å²) in [6, 6.07) is 0. The fraction of sp³-hybridized carbons (Fsp3) is 0.700. The Morgan fingerprint density at radius 2 is 1.27 bits per heavy atom. The summed E-state index contributed by atoms with van der Waals surface area (Å²) in [7, 11) is 0. The van der Waals surface area contributed by atoms with Crippen molar-refractivity contribution in [2.24, 2.45) is 0 Å². The highest BCUT2D eigenvalue weighted by Crippen LogP contribution is 2.33. The maximum Gasteiger partial charge on any atom is 0.303 e. The van der Waals surface area contributed by atoms with Gasteiger partial charge in [0.1, 0.15) is 12.0 Å². The van der Waals surface area contributed by atoms with Crippen LogP contribution >= 0.6 is 11.8 Å². The van der Waals surface area contributed by atoms with Crippen molar-refractivity contribution in [2.45, 2.75) is 71.3 Å². The quantitative estimate of drug-likeness (QED) is 0.303. The van der Waals surface area contributed by atoms with Crippen molar-refractivity contribution in [1.82, 2.24) is 4.90 Å². The van der Waals surface area contributed by atoms with Crippen molar-refractivity contribution in [3.05, 3.63) is 0 Å². The van der Waals surface area contributed by atoms with Crippen LogP contribution < -0.4 is 0 Å². The van der Waals surface area contributed by atoms with Crippen LogP contribution in [-0.2, 0) is 52.5 Å². The molecule has 1 aliphatic rings. The Morgan fingerprint density at radius 3 is 1.73 bits per heavy atom. The fourth-order valence-electron chi connectivity index (χ4n) is 3.24. The van der Waals surface area contributed by atoms with Crippen molar-refractivity contribution in [3.63, 3.8) is 0 Å². The van der Waals surface area contributed by atoms with E-state index in [0.717, 1.165) is 34.6 Å². The number of esters is 5. The molecule has 0 radical (unpaired) electrons. The Bertz CT molecular complexity index is 771. The maximum atomic E-state index is 12.1. The Morgan fingerprint density at radius 1 is 0.758 bits per heavy atom. The molecule has 33 heavy (non-hydrogen) atoms. The predicted molar refractivity (Wildman–Crippen MR) is 112 cm³/mol. The molecule has 0 saturated carbocycles. The number of carbonyl (C=O) groups excluding carboxylic acids is 6. The zero-order chi connectivity index (χ0) is 25.3. The Kier molecular flexibility index (Phi) is 11.1. The minimum Gasteiger partial charge on any atom is -0.462 e. The van der Waals surface area contributed by atoms with Gasteiger partial charge in [-0.1, -0.05) is 0 Å². The van der Waals surface area contributed by atoms with Crippen LogP contribution in [0.2, 0.25) is 0 Å². The van der Waals surface area contributed by atoms with Crippen LogP contribution in [0, 0.1) is 0 Å². The van der Waals surface area contributed by atoms with Crippen LogP contribution in [0.4, 0.5) is 0 Å². The minimum absolute atomic E-state index is 0.316. The van der Waals surface area contributed by atoms with Crippen molar-refractivity contribution in [2.75, 3.05) is 18.9 Å². The lowest BCUT2D eigenvalue weighted by Gasteiger charge is -2.39. The first kappa shape index (κ1) is 28.2. The van der Waals surface area contributed by atoms with Gasteiger partial charge in [-0.2, -0.15) is 0 Å². The molecule has 1 rings (SSSR count). The zero-order valence-electron chi connectivity index (χ0n) is 19.4. The van der Waals surface area contributed by atoms with Crippen molar-refractivity contribution >= 4 is 47.5 Å². The lowest BCUT2D eigenvalue weighted by Crippen LogP contribution is -2.58. The van der Waals surface area contributed by atoms with Gasteiger partial charge in [0.05, 0.1) is 0 Å². The molecule has 186 valence electrons. The Labute approximate surface area is 195 Å². The van der Waals surface area contributed by atoms with E-state index in [9.17, 15) is 28.8 Å². The molecular weight excluding hydrogens is 462 g/mol. The van der Waals surface area contributed by atoms with Gasteiger partial charge in [0, 0.05) is 53.8 Å². The summed E-state index contributed by atoms with van der Waals surface area (Å²) in [5.74, 6) is -3.71. The number of ether oxygens (including phenoxy) is 5. The van der Waals surface area contributed by atoms with Crippen molar-refractivity contribution in [3.8, 4) is 0 Å². The molecule has 0 bridgehead atoms. The predicted octanol–water partition coefficient (Wildman–Crippen LogP) is 0.198. The van der Waals surface area contributed by atoms with Gasteiger partial charge in [-0.05, 0) is 0 Å².